The SMILES string of the molecule is CC(Oc1ccc([N+](=O)[O-])cc1)C(=O)NNC(=O)COc1ccccc1C(C)C. The van der Waals surface area contributed by atoms with Gasteiger partial charge in [0.1, 0.15) is 11.5 Å². The van der Waals surface area contributed by atoms with Gasteiger partial charge in [0.2, 0.25) is 0 Å². The minimum Gasteiger partial charge on any atom is -0.483 e. The molecule has 2 amide bonds. The Morgan fingerprint density at radius 2 is 1.69 bits per heavy atom. The summed E-state index contributed by atoms with van der Waals surface area (Å²) in [6, 6.07) is 12.7. The number of para-hydroxylation sites is 1. The average Bonchev–Trinajstić information content (AvgIpc) is 2.70. The first-order chi connectivity index (χ1) is 13.8. The topological polar surface area (TPSA) is 120 Å². The molecule has 0 aliphatic carbocycles. The van der Waals surface area contributed by atoms with Gasteiger partial charge in [0.25, 0.3) is 17.5 Å². The van der Waals surface area contributed by atoms with Crippen molar-refractivity contribution in [1.29, 1.82) is 0 Å². The van der Waals surface area contributed by atoms with E-state index in [1.165, 1.54) is 31.2 Å². The Morgan fingerprint density at radius 1 is 1.03 bits per heavy atom. The summed E-state index contributed by atoms with van der Waals surface area (Å²) >= 11 is 0. The average molecular weight is 401 g/mol. The molecule has 2 aromatic rings. The number of carbonyl (C=O) groups excluding carboxylic acids is 2. The third-order valence-corrected chi connectivity index (χ3v) is 3.95. The lowest BCUT2D eigenvalue weighted by Crippen LogP contribution is -2.48. The molecule has 0 aromatic heterocycles. The van der Waals surface area contributed by atoms with E-state index in [1.54, 1.807) is 6.07 Å². The molecule has 0 saturated heterocycles. The van der Waals surface area contributed by atoms with Gasteiger partial charge in [-0.1, -0.05) is 32.0 Å². The molecule has 2 rings (SSSR count). The van der Waals surface area contributed by atoms with E-state index in [0.717, 1.165) is 5.56 Å². The molecule has 0 saturated carbocycles. The number of nitro benzene ring substituents is 1. The molecule has 9 heteroatoms. The maximum Gasteiger partial charge on any atom is 0.279 e. The third kappa shape index (κ3) is 6.49. The Hall–Kier alpha value is -3.62. The van der Waals surface area contributed by atoms with Crippen molar-refractivity contribution in [2.45, 2.75) is 32.8 Å². The van der Waals surface area contributed by atoms with Crippen molar-refractivity contribution in [1.82, 2.24) is 10.9 Å². The molecule has 1 atom stereocenters. The van der Waals surface area contributed by atoms with Gasteiger partial charge in [-0.25, -0.2) is 0 Å². The van der Waals surface area contributed by atoms with Crippen molar-refractivity contribution < 1.29 is 24.0 Å². The molecule has 0 aliphatic rings. The normalized spacial score (nSPS) is 11.4. The third-order valence-electron chi connectivity index (χ3n) is 3.95. The van der Waals surface area contributed by atoms with Crippen LogP contribution in [0.1, 0.15) is 32.3 Å². The fraction of sp³-hybridized carbons (Fsp3) is 0.300. The molecule has 9 nitrogen and oxygen atoms in total. The number of hydrogen-bond acceptors (Lipinski definition) is 6. The predicted octanol–water partition coefficient (Wildman–Crippen LogP) is 2.71. The van der Waals surface area contributed by atoms with E-state index < -0.39 is 22.8 Å². The van der Waals surface area contributed by atoms with E-state index in [1.807, 2.05) is 32.0 Å². The summed E-state index contributed by atoms with van der Waals surface area (Å²) in [4.78, 5) is 34.1. The smallest absolute Gasteiger partial charge is 0.279 e. The highest BCUT2D eigenvalue weighted by atomic mass is 16.6. The number of non-ortho nitro benzene ring substituents is 1. The molecule has 2 aromatic carbocycles. The lowest BCUT2D eigenvalue weighted by atomic mass is 10.0. The van der Waals surface area contributed by atoms with Crippen molar-refractivity contribution >= 4 is 17.5 Å². The summed E-state index contributed by atoms with van der Waals surface area (Å²) in [6.07, 6.45) is -0.931. The number of benzene rings is 2. The zero-order chi connectivity index (χ0) is 21.4. The second kappa shape index (κ2) is 10.1. The Morgan fingerprint density at radius 3 is 2.31 bits per heavy atom. The molecular weight excluding hydrogens is 378 g/mol. The quantitative estimate of drug-likeness (QED) is 0.518. The number of nitrogens with one attached hydrogen (secondary N) is 2. The number of nitrogens with zero attached hydrogens (tertiary/aromatic N) is 1. The molecular formula is C20H23N3O6. The summed E-state index contributed by atoms with van der Waals surface area (Å²) in [6.45, 7) is 5.27. The first-order valence-electron chi connectivity index (χ1n) is 8.99. The van der Waals surface area contributed by atoms with Gasteiger partial charge in [0.15, 0.2) is 12.7 Å². The van der Waals surface area contributed by atoms with E-state index in [9.17, 15) is 19.7 Å². The van der Waals surface area contributed by atoms with Crippen LogP contribution in [0.4, 0.5) is 5.69 Å². The molecule has 2 N–H and O–H groups in total. The van der Waals surface area contributed by atoms with E-state index in [-0.39, 0.29) is 18.2 Å². The monoisotopic (exact) mass is 401 g/mol. The van der Waals surface area contributed by atoms with Gasteiger partial charge in [-0.05, 0) is 36.6 Å². The Kier molecular flexibility index (Phi) is 7.53. The Labute approximate surface area is 168 Å². The van der Waals surface area contributed by atoms with Crippen molar-refractivity contribution in [2.24, 2.45) is 0 Å². The molecule has 0 bridgehead atoms. The maximum atomic E-state index is 12.0. The number of ether oxygens (including phenoxy) is 2. The molecule has 0 heterocycles. The second-order valence-electron chi connectivity index (χ2n) is 6.53. The van der Waals surface area contributed by atoms with Crippen LogP contribution in [0.2, 0.25) is 0 Å². The minimum absolute atomic E-state index is 0.0826. The highest BCUT2D eigenvalue weighted by Crippen LogP contribution is 2.25. The lowest BCUT2D eigenvalue weighted by molar-refractivity contribution is -0.384. The van der Waals surface area contributed by atoms with Gasteiger partial charge < -0.3 is 9.47 Å². The Bertz CT molecular complexity index is 867. The summed E-state index contributed by atoms with van der Waals surface area (Å²) in [7, 11) is 0. The molecule has 29 heavy (non-hydrogen) atoms. The molecule has 1 unspecified atom stereocenters. The molecule has 0 fully saturated rings. The van der Waals surface area contributed by atoms with Crippen LogP contribution < -0.4 is 20.3 Å². The van der Waals surface area contributed by atoms with Crippen LogP contribution in [0.3, 0.4) is 0 Å². The Balaban J connectivity index is 1.79. The predicted molar refractivity (Wildman–Crippen MR) is 105 cm³/mol. The number of hydrazine groups is 1. The number of nitro groups is 1. The van der Waals surface area contributed by atoms with Crippen LogP contribution in [0.25, 0.3) is 0 Å². The van der Waals surface area contributed by atoms with Crippen LogP contribution in [0, 0.1) is 10.1 Å². The lowest BCUT2D eigenvalue weighted by Gasteiger charge is -2.16. The highest BCUT2D eigenvalue weighted by Gasteiger charge is 2.16. The zero-order valence-corrected chi connectivity index (χ0v) is 16.4. The van der Waals surface area contributed by atoms with Crippen molar-refractivity contribution in [3.63, 3.8) is 0 Å². The van der Waals surface area contributed by atoms with Gasteiger partial charge in [-0.3, -0.25) is 30.6 Å². The van der Waals surface area contributed by atoms with Gasteiger partial charge in [-0.15, -0.1) is 0 Å². The van der Waals surface area contributed by atoms with Crippen molar-refractivity contribution in [3.8, 4) is 11.5 Å². The molecule has 0 radical (unpaired) electrons. The van der Waals surface area contributed by atoms with Crippen LogP contribution in [-0.2, 0) is 9.59 Å². The highest BCUT2D eigenvalue weighted by molar-refractivity contribution is 5.85. The second-order valence-corrected chi connectivity index (χ2v) is 6.53. The number of rotatable bonds is 8. The van der Waals surface area contributed by atoms with Gasteiger partial charge in [-0.2, -0.15) is 0 Å². The fourth-order valence-electron chi connectivity index (χ4n) is 2.41. The van der Waals surface area contributed by atoms with Crippen molar-refractivity contribution in [3.05, 3.63) is 64.2 Å². The van der Waals surface area contributed by atoms with Crippen molar-refractivity contribution in [2.75, 3.05) is 6.61 Å². The largest absolute Gasteiger partial charge is 0.483 e. The van der Waals surface area contributed by atoms with E-state index in [4.69, 9.17) is 9.47 Å². The summed E-state index contributed by atoms with van der Waals surface area (Å²) < 4.78 is 10.9. The van der Waals surface area contributed by atoms with Crippen LogP contribution >= 0.6 is 0 Å². The van der Waals surface area contributed by atoms with Gasteiger partial charge in [0.05, 0.1) is 4.92 Å². The standard InChI is InChI=1S/C20H23N3O6/c1-13(2)17-6-4-5-7-18(17)28-12-19(24)21-22-20(25)14(3)29-16-10-8-15(9-11-16)23(26)27/h4-11,13-14H,12H2,1-3H3,(H,21,24)(H,22,25). The summed E-state index contributed by atoms with van der Waals surface area (Å²) in [5.74, 6) is 0.0298. The first-order valence-corrected chi connectivity index (χ1v) is 8.99. The molecule has 0 spiro atoms. The molecule has 0 aliphatic heterocycles. The van der Waals surface area contributed by atoms with Gasteiger partial charge in [0, 0.05) is 12.1 Å². The zero-order valence-electron chi connectivity index (χ0n) is 16.4. The molecule has 154 valence electrons. The van der Waals surface area contributed by atoms with E-state index >= 15 is 0 Å². The van der Waals surface area contributed by atoms with Crippen LogP contribution in [-0.4, -0.2) is 29.4 Å². The minimum atomic E-state index is -0.931. The maximum absolute atomic E-state index is 12.0. The number of amides is 2. The first kappa shape index (κ1) is 21.7. The van der Waals surface area contributed by atoms with Crippen LogP contribution in [0.15, 0.2) is 48.5 Å². The van der Waals surface area contributed by atoms with E-state index in [2.05, 4.69) is 10.9 Å². The summed E-state index contributed by atoms with van der Waals surface area (Å²) in [5.41, 5.74) is 5.41. The van der Waals surface area contributed by atoms with E-state index in [0.29, 0.717) is 11.5 Å². The summed E-state index contributed by atoms with van der Waals surface area (Å²) in [5, 5.41) is 10.6. The fourth-order valence-corrected chi connectivity index (χ4v) is 2.41. The number of carbonyl (C=O) groups is 2. The van der Waals surface area contributed by atoms with Gasteiger partial charge >= 0.3 is 0 Å². The van der Waals surface area contributed by atoms with Crippen LogP contribution in [0.5, 0.6) is 11.5 Å². The number of hydrogen-bond donors (Lipinski definition) is 2.